The van der Waals surface area contributed by atoms with Crippen LogP contribution in [-0.2, 0) is 14.3 Å². The van der Waals surface area contributed by atoms with E-state index in [1.54, 1.807) is 30.6 Å². The van der Waals surface area contributed by atoms with Gasteiger partial charge in [0.15, 0.2) is 5.12 Å². The maximum atomic E-state index is 11.2. The highest BCUT2D eigenvalue weighted by Crippen LogP contribution is 2.06. The van der Waals surface area contributed by atoms with E-state index in [4.69, 9.17) is 4.74 Å². The van der Waals surface area contributed by atoms with Crippen LogP contribution in [0.5, 0.6) is 0 Å². The molecule has 1 aliphatic rings. The summed E-state index contributed by atoms with van der Waals surface area (Å²) in [6.07, 6.45) is 8.47. The summed E-state index contributed by atoms with van der Waals surface area (Å²) in [6, 6.07) is 0. The van der Waals surface area contributed by atoms with Crippen LogP contribution in [0.25, 0.3) is 0 Å². The van der Waals surface area contributed by atoms with E-state index in [1.807, 2.05) is 0 Å². The quantitative estimate of drug-likeness (QED) is 0.559. The number of ether oxygens (including phenoxy) is 1. The number of esters is 1. The van der Waals surface area contributed by atoms with Crippen molar-refractivity contribution in [2.75, 3.05) is 0 Å². The number of carbonyl (C=O) groups excluding carboxylic acids is 2. The molecule has 0 unspecified atom stereocenters. The number of rotatable bonds is 4. The molecule has 0 spiro atoms. The molecule has 0 aromatic rings. The topological polar surface area (TPSA) is 55.4 Å². The Morgan fingerprint density at radius 1 is 1.33 bits per heavy atom. The Morgan fingerprint density at radius 3 is 2.87 bits per heavy atom. The van der Waals surface area contributed by atoms with Crippen molar-refractivity contribution in [3.8, 4) is 0 Å². The third kappa shape index (κ3) is 5.07. The number of thiol groups is 1. The molecule has 15 heavy (non-hydrogen) atoms. The molecule has 0 atom stereocenters. The second kappa shape index (κ2) is 6.08. The molecule has 1 N–H and O–H groups in total. The van der Waals surface area contributed by atoms with Crippen LogP contribution in [0.15, 0.2) is 36.4 Å². The summed E-state index contributed by atoms with van der Waals surface area (Å²) in [6.45, 7) is 0. The molecule has 4 nitrogen and oxygen atoms in total. The minimum atomic E-state index is -0.441. The molecule has 1 heterocycles. The summed E-state index contributed by atoms with van der Waals surface area (Å²) in [5.41, 5.74) is 0. The fourth-order valence-electron chi connectivity index (χ4n) is 0.899. The summed E-state index contributed by atoms with van der Waals surface area (Å²) >= 11 is 3.56. The number of nitrogens with one attached hydrogen (secondary N) is 1. The molecule has 0 aromatic carbocycles. The summed E-state index contributed by atoms with van der Waals surface area (Å²) in [5, 5.41) is 2.51. The normalized spacial score (nSPS) is 13.8. The van der Waals surface area contributed by atoms with Gasteiger partial charge in [0.05, 0.1) is 6.42 Å². The molecule has 0 fully saturated rings. The molecule has 0 aromatic heterocycles. The zero-order chi connectivity index (χ0) is 11.1. The van der Waals surface area contributed by atoms with E-state index in [2.05, 4.69) is 17.9 Å². The lowest BCUT2D eigenvalue weighted by atomic mass is 10.3. The molecular weight excluding hydrogens is 214 g/mol. The maximum Gasteiger partial charge on any atom is 0.311 e. The van der Waals surface area contributed by atoms with Gasteiger partial charge >= 0.3 is 5.97 Å². The lowest BCUT2D eigenvalue weighted by Gasteiger charge is -2.02. The number of hydrogen-bond donors (Lipinski definition) is 2. The van der Waals surface area contributed by atoms with Gasteiger partial charge in [-0.3, -0.25) is 9.59 Å². The van der Waals surface area contributed by atoms with Crippen molar-refractivity contribution < 1.29 is 14.3 Å². The Labute approximate surface area is 93.1 Å². The monoisotopic (exact) mass is 225 g/mol. The molecule has 80 valence electrons. The average Bonchev–Trinajstić information content (AvgIpc) is 2.43. The number of carbonyl (C=O) groups is 2. The van der Waals surface area contributed by atoms with E-state index < -0.39 is 5.97 Å². The Hall–Kier alpha value is -1.49. The van der Waals surface area contributed by atoms with Gasteiger partial charge in [-0.1, -0.05) is 0 Å². The van der Waals surface area contributed by atoms with Crippen LogP contribution in [0.1, 0.15) is 12.8 Å². The van der Waals surface area contributed by atoms with Crippen LogP contribution in [0.3, 0.4) is 0 Å². The Bertz CT molecular complexity index is 345. The molecule has 1 aliphatic heterocycles. The first kappa shape index (κ1) is 11.6. The Kier molecular flexibility index (Phi) is 4.70. The SMILES string of the molecule is O=C(S)CCC(=O)OC1=CC=CNC=C1. The van der Waals surface area contributed by atoms with Gasteiger partial charge in [0, 0.05) is 18.8 Å². The minimum absolute atomic E-state index is 0.0463. The van der Waals surface area contributed by atoms with E-state index in [0.29, 0.717) is 5.76 Å². The summed E-state index contributed by atoms with van der Waals surface area (Å²) in [4.78, 5) is 21.7. The highest BCUT2D eigenvalue weighted by atomic mass is 32.1. The third-order valence-electron chi connectivity index (χ3n) is 1.57. The second-order valence-corrected chi connectivity index (χ2v) is 3.29. The first-order chi connectivity index (χ1) is 7.18. The predicted octanol–water partition coefficient (Wildman–Crippen LogP) is 1.28. The van der Waals surface area contributed by atoms with Crippen molar-refractivity contribution in [1.82, 2.24) is 5.32 Å². The molecule has 0 aliphatic carbocycles. The molecular formula is C10H11NO3S. The summed E-state index contributed by atoms with van der Waals surface area (Å²) in [5.74, 6) is -0.00327. The van der Waals surface area contributed by atoms with Crippen LogP contribution >= 0.6 is 12.6 Å². The second-order valence-electron chi connectivity index (χ2n) is 2.80. The number of allylic oxidation sites excluding steroid dienone is 3. The van der Waals surface area contributed by atoms with E-state index in [-0.39, 0.29) is 18.0 Å². The highest BCUT2D eigenvalue weighted by Gasteiger charge is 2.07. The van der Waals surface area contributed by atoms with Gasteiger partial charge in [-0.25, -0.2) is 0 Å². The standard InChI is InChI=1S/C10H11NO3S/c12-9(3-4-10(13)15)14-8-2-1-6-11-7-5-8/h1-2,5-7,11H,3-4H2,(H,13,15). The van der Waals surface area contributed by atoms with Crippen molar-refractivity contribution >= 4 is 23.7 Å². The zero-order valence-corrected chi connectivity index (χ0v) is 8.87. The molecule has 0 saturated carbocycles. The van der Waals surface area contributed by atoms with Crippen molar-refractivity contribution in [3.63, 3.8) is 0 Å². The Balaban J connectivity index is 2.40. The van der Waals surface area contributed by atoms with Crippen LogP contribution in [-0.4, -0.2) is 11.1 Å². The summed E-state index contributed by atoms with van der Waals surface area (Å²) in [7, 11) is 0. The van der Waals surface area contributed by atoms with Gasteiger partial charge < -0.3 is 10.1 Å². The fraction of sp³-hybridized carbons (Fsp3) is 0.200. The molecule has 0 bridgehead atoms. The van der Waals surface area contributed by atoms with Crippen molar-refractivity contribution in [3.05, 3.63) is 36.4 Å². The van der Waals surface area contributed by atoms with Gasteiger partial charge in [0.25, 0.3) is 0 Å². The van der Waals surface area contributed by atoms with Crippen molar-refractivity contribution in [2.24, 2.45) is 0 Å². The largest absolute Gasteiger partial charge is 0.426 e. The molecule has 0 amide bonds. The maximum absolute atomic E-state index is 11.2. The van der Waals surface area contributed by atoms with E-state index in [1.165, 1.54) is 0 Å². The first-order valence-electron chi connectivity index (χ1n) is 4.40. The van der Waals surface area contributed by atoms with E-state index >= 15 is 0 Å². The number of hydrogen-bond acceptors (Lipinski definition) is 4. The molecule has 0 radical (unpaired) electrons. The van der Waals surface area contributed by atoms with Gasteiger partial charge in [-0.15, -0.1) is 12.6 Å². The van der Waals surface area contributed by atoms with Gasteiger partial charge in [-0.05, 0) is 18.2 Å². The predicted molar refractivity (Wildman–Crippen MR) is 58.8 cm³/mol. The third-order valence-corrected chi connectivity index (χ3v) is 1.80. The molecule has 1 rings (SSSR count). The average molecular weight is 225 g/mol. The minimum Gasteiger partial charge on any atom is -0.426 e. The van der Waals surface area contributed by atoms with E-state index in [9.17, 15) is 9.59 Å². The van der Waals surface area contributed by atoms with Gasteiger partial charge in [-0.2, -0.15) is 0 Å². The van der Waals surface area contributed by atoms with Crippen LogP contribution < -0.4 is 5.32 Å². The first-order valence-corrected chi connectivity index (χ1v) is 4.85. The zero-order valence-electron chi connectivity index (χ0n) is 7.97. The Morgan fingerprint density at radius 2 is 2.13 bits per heavy atom. The lowest BCUT2D eigenvalue weighted by molar-refractivity contribution is -0.139. The fourth-order valence-corrected chi connectivity index (χ4v) is 1.01. The van der Waals surface area contributed by atoms with Crippen molar-refractivity contribution in [2.45, 2.75) is 12.8 Å². The highest BCUT2D eigenvalue weighted by molar-refractivity contribution is 7.96. The van der Waals surface area contributed by atoms with Gasteiger partial charge in [0.2, 0.25) is 0 Å². The molecule has 0 saturated heterocycles. The van der Waals surface area contributed by atoms with Crippen LogP contribution in [0.4, 0.5) is 0 Å². The van der Waals surface area contributed by atoms with Crippen LogP contribution in [0.2, 0.25) is 0 Å². The summed E-state index contributed by atoms with van der Waals surface area (Å²) < 4.78 is 4.98. The van der Waals surface area contributed by atoms with Crippen LogP contribution in [0, 0.1) is 0 Å². The lowest BCUT2D eigenvalue weighted by Crippen LogP contribution is -2.04. The van der Waals surface area contributed by atoms with E-state index in [0.717, 1.165) is 0 Å². The smallest absolute Gasteiger partial charge is 0.311 e. The molecule has 5 heteroatoms. The van der Waals surface area contributed by atoms with Gasteiger partial charge in [0.1, 0.15) is 5.76 Å². The van der Waals surface area contributed by atoms with Crippen molar-refractivity contribution in [1.29, 1.82) is 0 Å².